The Morgan fingerprint density at radius 3 is 2.80 bits per heavy atom. The highest BCUT2D eigenvalue weighted by atomic mass is 16.5. The maximum absolute atomic E-state index is 6.03. The Morgan fingerprint density at radius 1 is 1.35 bits per heavy atom. The number of pyridine rings is 1. The summed E-state index contributed by atoms with van der Waals surface area (Å²) in [6.07, 6.45) is 8.30. The van der Waals surface area contributed by atoms with Gasteiger partial charge in [0.15, 0.2) is 0 Å². The molecule has 112 valence electrons. The second-order valence-corrected chi connectivity index (χ2v) is 6.64. The molecule has 0 radical (unpaired) electrons. The number of anilines is 1. The van der Waals surface area contributed by atoms with E-state index in [1.165, 1.54) is 25.7 Å². The molecular weight excluding hydrogens is 248 g/mol. The fraction of sp³-hybridized carbons (Fsp3) is 0.706. The van der Waals surface area contributed by atoms with Gasteiger partial charge in [0.05, 0.1) is 18.4 Å². The summed E-state index contributed by atoms with van der Waals surface area (Å²) in [5.74, 6) is 0. The van der Waals surface area contributed by atoms with Crippen LogP contribution in [0.15, 0.2) is 18.3 Å². The van der Waals surface area contributed by atoms with Gasteiger partial charge in [-0.15, -0.1) is 0 Å². The maximum Gasteiger partial charge on any atom is 0.0892 e. The first-order valence-corrected chi connectivity index (χ1v) is 7.89. The monoisotopic (exact) mass is 276 g/mol. The lowest BCUT2D eigenvalue weighted by Crippen LogP contribution is -2.26. The molecule has 0 amide bonds. The van der Waals surface area contributed by atoms with Crippen molar-refractivity contribution >= 4 is 5.69 Å². The molecule has 3 nitrogen and oxygen atoms in total. The van der Waals surface area contributed by atoms with E-state index in [0.29, 0.717) is 18.1 Å². The van der Waals surface area contributed by atoms with Crippen molar-refractivity contribution in [3.63, 3.8) is 0 Å². The lowest BCUT2D eigenvalue weighted by Gasteiger charge is -2.34. The predicted molar refractivity (Wildman–Crippen MR) is 83.8 cm³/mol. The molecule has 0 aromatic carbocycles. The molecule has 1 saturated carbocycles. The zero-order chi connectivity index (χ0) is 14.4. The summed E-state index contributed by atoms with van der Waals surface area (Å²) in [5, 5.41) is 3.39. The topological polar surface area (TPSA) is 34.2 Å². The van der Waals surface area contributed by atoms with Crippen LogP contribution in [0.3, 0.4) is 0 Å². The minimum absolute atomic E-state index is 0.414. The number of hydrogen-bond acceptors (Lipinski definition) is 3. The van der Waals surface area contributed by atoms with Gasteiger partial charge in [0.1, 0.15) is 0 Å². The highest BCUT2D eigenvalue weighted by molar-refractivity contribution is 5.42. The van der Waals surface area contributed by atoms with Gasteiger partial charge in [0.25, 0.3) is 0 Å². The van der Waals surface area contributed by atoms with E-state index in [1.807, 2.05) is 12.3 Å². The van der Waals surface area contributed by atoms with Crippen LogP contribution >= 0.6 is 0 Å². The molecule has 1 heterocycles. The van der Waals surface area contributed by atoms with E-state index >= 15 is 0 Å². The summed E-state index contributed by atoms with van der Waals surface area (Å²) in [7, 11) is 0. The van der Waals surface area contributed by atoms with Crippen molar-refractivity contribution in [2.24, 2.45) is 5.41 Å². The minimum atomic E-state index is 0.414. The smallest absolute Gasteiger partial charge is 0.0892 e. The summed E-state index contributed by atoms with van der Waals surface area (Å²) in [6.45, 7) is 8.51. The van der Waals surface area contributed by atoms with Crippen molar-refractivity contribution in [1.82, 2.24) is 4.98 Å². The Hall–Kier alpha value is -1.09. The van der Waals surface area contributed by atoms with Crippen molar-refractivity contribution in [2.45, 2.75) is 65.6 Å². The lowest BCUT2D eigenvalue weighted by molar-refractivity contribution is -0.00686. The van der Waals surface area contributed by atoms with Crippen LogP contribution in [0.5, 0.6) is 0 Å². The van der Waals surface area contributed by atoms with Gasteiger partial charge in [-0.1, -0.05) is 20.8 Å². The molecule has 0 bridgehead atoms. The average molecular weight is 276 g/mol. The Kier molecular flexibility index (Phi) is 5.41. The van der Waals surface area contributed by atoms with Crippen molar-refractivity contribution in [2.75, 3.05) is 11.9 Å². The van der Waals surface area contributed by atoms with Gasteiger partial charge in [-0.3, -0.25) is 4.98 Å². The summed E-state index contributed by atoms with van der Waals surface area (Å²) in [6, 6.07) is 4.12. The lowest BCUT2D eigenvalue weighted by atomic mass is 9.76. The van der Waals surface area contributed by atoms with Crippen LogP contribution < -0.4 is 5.32 Å². The highest BCUT2D eigenvalue weighted by Crippen LogP contribution is 2.36. The largest absolute Gasteiger partial charge is 0.385 e. The number of rotatable bonds is 6. The van der Waals surface area contributed by atoms with Crippen LogP contribution in [-0.2, 0) is 11.3 Å². The van der Waals surface area contributed by atoms with Crippen molar-refractivity contribution in [3.8, 4) is 0 Å². The first-order chi connectivity index (χ1) is 9.59. The third-order valence-electron chi connectivity index (χ3n) is 4.15. The number of aromatic nitrogens is 1. The van der Waals surface area contributed by atoms with Gasteiger partial charge in [-0.25, -0.2) is 0 Å². The third kappa shape index (κ3) is 4.78. The Morgan fingerprint density at radius 2 is 2.10 bits per heavy atom. The minimum Gasteiger partial charge on any atom is -0.385 e. The van der Waals surface area contributed by atoms with E-state index in [0.717, 1.165) is 24.3 Å². The Labute approximate surface area is 123 Å². The van der Waals surface area contributed by atoms with Crippen molar-refractivity contribution in [3.05, 3.63) is 24.0 Å². The molecule has 3 heteroatoms. The molecule has 1 aliphatic rings. The van der Waals surface area contributed by atoms with Crippen LogP contribution in [0.25, 0.3) is 0 Å². The van der Waals surface area contributed by atoms with Crippen LogP contribution in [0, 0.1) is 5.41 Å². The first kappa shape index (κ1) is 15.3. The van der Waals surface area contributed by atoms with E-state index in [9.17, 15) is 0 Å². The van der Waals surface area contributed by atoms with E-state index in [-0.39, 0.29) is 0 Å². The van der Waals surface area contributed by atoms with E-state index < -0.39 is 0 Å². The molecule has 1 aromatic rings. The number of nitrogens with one attached hydrogen (secondary N) is 1. The molecule has 20 heavy (non-hydrogen) atoms. The molecule has 1 aliphatic carbocycles. The van der Waals surface area contributed by atoms with Crippen LogP contribution in [0.2, 0.25) is 0 Å². The second-order valence-electron chi connectivity index (χ2n) is 6.64. The normalized spacial score (nSPS) is 18.9. The van der Waals surface area contributed by atoms with Gasteiger partial charge in [-0.05, 0) is 49.7 Å². The maximum atomic E-state index is 6.03. The summed E-state index contributed by atoms with van der Waals surface area (Å²) in [4.78, 5) is 4.40. The quantitative estimate of drug-likeness (QED) is 0.836. The predicted octanol–water partition coefficient (Wildman–Crippen LogP) is 4.39. The fourth-order valence-corrected chi connectivity index (χ4v) is 2.68. The molecule has 1 fully saturated rings. The Bertz CT molecular complexity index is 407. The highest BCUT2D eigenvalue weighted by Gasteiger charge is 2.27. The molecule has 0 unspecified atom stereocenters. The number of hydrogen-bond donors (Lipinski definition) is 1. The molecular formula is C17H28N2O. The summed E-state index contributed by atoms with van der Waals surface area (Å²) >= 11 is 0. The van der Waals surface area contributed by atoms with E-state index in [4.69, 9.17) is 4.74 Å². The van der Waals surface area contributed by atoms with E-state index in [1.54, 1.807) is 0 Å². The van der Waals surface area contributed by atoms with E-state index in [2.05, 4.69) is 37.1 Å². The van der Waals surface area contributed by atoms with Crippen LogP contribution in [0.1, 0.15) is 58.6 Å². The summed E-state index contributed by atoms with van der Waals surface area (Å²) < 4.78 is 6.03. The average Bonchev–Trinajstić information content (AvgIpc) is 2.44. The summed E-state index contributed by atoms with van der Waals surface area (Å²) in [5.41, 5.74) is 2.67. The van der Waals surface area contributed by atoms with Gasteiger partial charge in [-0.2, -0.15) is 0 Å². The van der Waals surface area contributed by atoms with Crippen LogP contribution in [-0.4, -0.2) is 17.6 Å². The van der Waals surface area contributed by atoms with Crippen molar-refractivity contribution < 1.29 is 4.74 Å². The zero-order valence-corrected chi connectivity index (χ0v) is 13.1. The second kappa shape index (κ2) is 7.07. The van der Waals surface area contributed by atoms with Gasteiger partial charge < -0.3 is 10.1 Å². The molecule has 0 atom stereocenters. The Balaban J connectivity index is 1.79. The third-order valence-corrected chi connectivity index (χ3v) is 4.15. The van der Waals surface area contributed by atoms with Crippen molar-refractivity contribution in [1.29, 1.82) is 0 Å². The van der Waals surface area contributed by atoms with Gasteiger partial charge in [0.2, 0.25) is 0 Å². The first-order valence-electron chi connectivity index (χ1n) is 7.89. The van der Waals surface area contributed by atoms with Gasteiger partial charge >= 0.3 is 0 Å². The standard InChI is InChI=1S/C17H28N2O/c1-4-10-18-14-7-11-19-15(12-14)13-20-16-5-8-17(2,3)9-6-16/h7,11-12,16H,4-6,8-10,13H2,1-3H3,(H,18,19). The van der Waals surface area contributed by atoms with Crippen LogP contribution in [0.4, 0.5) is 5.69 Å². The molecule has 2 rings (SSSR count). The zero-order valence-electron chi connectivity index (χ0n) is 13.1. The molecule has 0 spiro atoms. The molecule has 1 N–H and O–H groups in total. The molecule has 0 saturated heterocycles. The SMILES string of the molecule is CCCNc1ccnc(COC2CCC(C)(C)CC2)c1. The fourth-order valence-electron chi connectivity index (χ4n) is 2.68. The molecule has 1 aromatic heterocycles. The number of nitrogens with zero attached hydrogens (tertiary/aromatic N) is 1. The molecule has 0 aliphatic heterocycles. The number of ether oxygens (including phenoxy) is 1. The van der Waals surface area contributed by atoms with Gasteiger partial charge in [0, 0.05) is 18.4 Å².